The second-order valence-corrected chi connectivity index (χ2v) is 22.4. The Kier molecular flexibility index (Phi) is 11.3. The largest absolute Gasteiger partial charge is 0.403 e. The van der Waals surface area contributed by atoms with Crippen molar-refractivity contribution >= 4 is 16.9 Å². The lowest BCUT2D eigenvalue weighted by Crippen LogP contribution is -2.61. The molecule has 0 aromatic carbocycles. The molecule has 194 valence electrons. The highest BCUT2D eigenvalue weighted by atomic mass is 28.4. The van der Waals surface area contributed by atoms with E-state index in [0.717, 1.165) is 25.9 Å². The van der Waals surface area contributed by atoms with Crippen molar-refractivity contribution in [2.45, 2.75) is 129 Å². The molecule has 0 radical (unpaired) electrons. The normalized spacial score (nSPS) is 21.2. The summed E-state index contributed by atoms with van der Waals surface area (Å²) in [5.74, 6) is 6.56. The molecule has 0 aromatic rings. The Morgan fingerprint density at radius 3 is 2.15 bits per heavy atom. The molecule has 0 aromatic heterocycles. The summed E-state index contributed by atoms with van der Waals surface area (Å²) in [6, 6.07) is 0. The van der Waals surface area contributed by atoms with Gasteiger partial charge in [-0.15, -0.1) is 0 Å². The summed E-state index contributed by atoms with van der Waals surface area (Å²) < 4.78 is 19.7. The van der Waals surface area contributed by atoms with E-state index in [1.807, 2.05) is 12.2 Å². The first-order chi connectivity index (χ1) is 15.5. The fourth-order valence-electron chi connectivity index (χ4n) is 4.16. The van der Waals surface area contributed by atoms with Crippen LogP contribution in [0.5, 0.6) is 0 Å². The number of rotatable bonds is 7. The van der Waals surface area contributed by atoms with Crippen LogP contribution in [0.2, 0.25) is 28.2 Å². The van der Waals surface area contributed by atoms with Crippen LogP contribution in [0.4, 0.5) is 0 Å². The van der Waals surface area contributed by atoms with Gasteiger partial charge in [0.25, 0.3) is 0 Å². The molecule has 0 N–H and O–H groups in total. The van der Waals surface area contributed by atoms with Crippen LogP contribution in [0.1, 0.15) is 88.5 Å². The average Bonchev–Trinajstić information content (AvgIpc) is 2.68. The van der Waals surface area contributed by atoms with E-state index in [1.54, 1.807) is 0 Å². The third-order valence-electron chi connectivity index (χ3n) is 6.86. The molecule has 3 nitrogen and oxygen atoms in total. The molecule has 0 bridgehead atoms. The zero-order valence-electron chi connectivity index (χ0n) is 24.2. The number of hydrogen-bond acceptors (Lipinski definition) is 3. The van der Waals surface area contributed by atoms with Crippen molar-refractivity contribution in [3.63, 3.8) is 0 Å². The molecule has 5 heteroatoms. The first-order valence-corrected chi connectivity index (χ1v) is 17.7. The lowest BCUT2D eigenvalue weighted by molar-refractivity contribution is 0.0420. The Hall–Kier alpha value is -0.906. The highest BCUT2D eigenvalue weighted by Crippen LogP contribution is 2.54. The van der Waals surface area contributed by atoms with Gasteiger partial charge < -0.3 is 13.3 Å². The van der Waals surface area contributed by atoms with Crippen molar-refractivity contribution < 1.29 is 13.3 Å². The summed E-state index contributed by atoms with van der Waals surface area (Å²) in [4.78, 5) is 0. The molecule has 1 aliphatic heterocycles. The highest BCUT2D eigenvalue weighted by Gasteiger charge is 2.60. The van der Waals surface area contributed by atoms with Gasteiger partial charge in [-0.2, -0.15) is 0 Å². The maximum absolute atomic E-state index is 6.73. The molecule has 1 fully saturated rings. The molecule has 2 atom stereocenters. The molecule has 0 amide bonds. The van der Waals surface area contributed by atoms with Gasteiger partial charge in [0.2, 0.25) is 0 Å². The second kappa shape index (κ2) is 12.4. The minimum Gasteiger partial charge on any atom is -0.403 e. The Morgan fingerprint density at radius 1 is 1.00 bits per heavy atom. The van der Waals surface area contributed by atoms with Crippen LogP contribution in [0, 0.1) is 11.8 Å². The van der Waals surface area contributed by atoms with Crippen LogP contribution in [-0.4, -0.2) is 35.7 Å². The van der Waals surface area contributed by atoms with Crippen molar-refractivity contribution in [3.8, 4) is 11.8 Å². The maximum atomic E-state index is 6.73. The molecule has 1 aliphatic rings. The van der Waals surface area contributed by atoms with Gasteiger partial charge in [-0.05, 0) is 37.0 Å². The van der Waals surface area contributed by atoms with Crippen molar-refractivity contribution in [3.05, 3.63) is 36.5 Å². The molecular formula is C29H52O3Si2. The van der Waals surface area contributed by atoms with Crippen LogP contribution in [-0.2, 0) is 13.3 Å². The number of allylic oxidation sites excluding steroid dienone is 4. The predicted molar refractivity (Wildman–Crippen MR) is 153 cm³/mol. The summed E-state index contributed by atoms with van der Waals surface area (Å²) >= 11 is 0. The van der Waals surface area contributed by atoms with Gasteiger partial charge in [-0.3, -0.25) is 0 Å². The van der Waals surface area contributed by atoms with Crippen LogP contribution in [0.3, 0.4) is 0 Å². The third kappa shape index (κ3) is 8.64. The fourth-order valence-corrected chi connectivity index (χ4v) is 10.3. The molecule has 1 rings (SSSR count). The van der Waals surface area contributed by atoms with E-state index in [2.05, 4.69) is 118 Å². The molecule has 0 spiro atoms. The van der Waals surface area contributed by atoms with Crippen LogP contribution < -0.4 is 0 Å². The summed E-state index contributed by atoms with van der Waals surface area (Å²) in [5.41, 5.74) is 0. The van der Waals surface area contributed by atoms with Crippen LogP contribution >= 0.6 is 0 Å². The zero-order valence-corrected chi connectivity index (χ0v) is 26.2. The third-order valence-corrected chi connectivity index (χ3v) is 16.5. The second-order valence-electron chi connectivity index (χ2n) is 12.9. The van der Waals surface area contributed by atoms with E-state index in [-0.39, 0.29) is 27.3 Å². The minimum atomic E-state index is -2.42. The molecule has 2 unspecified atom stereocenters. The SMILES string of the molecule is CC/C=C/CC(C#C/C=C/C=C/C1CCO[Si](C(C)(C)C)(C(C)(C)C)O1)O[Si](C)(C)C(C)(C)C. The topological polar surface area (TPSA) is 27.7 Å². The van der Waals surface area contributed by atoms with Crippen LogP contribution in [0.25, 0.3) is 0 Å². The van der Waals surface area contributed by atoms with E-state index in [1.165, 1.54) is 0 Å². The Balaban J connectivity index is 2.89. The first kappa shape index (κ1) is 31.1. The van der Waals surface area contributed by atoms with E-state index in [0.29, 0.717) is 0 Å². The van der Waals surface area contributed by atoms with Gasteiger partial charge in [0.05, 0.1) is 6.10 Å². The minimum absolute atomic E-state index is 0.00442. The van der Waals surface area contributed by atoms with Crippen LogP contribution in [0.15, 0.2) is 36.5 Å². The summed E-state index contributed by atoms with van der Waals surface area (Å²) in [5, 5.41) is 0.178. The van der Waals surface area contributed by atoms with Gasteiger partial charge in [0, 0.05) is 23.1 Å². The van der Waals surface area contributed by atoms with Gasteiger partial charge in [-0.1, -0.05) is 111 Å². The van der Waals surface area contributed by atoms with Gasteiger partial charge in [0.1, 0.15) is 6.10 Å². The molecule has 1 heterocycles. The molecular weight excluding hydrogens is 452 g/mol. The molecule has 34 heavy (non-hydrogen) atoms. The Morgan fingerprint density at radius 2 is 1.62 bits per heavy atom. The van der Waals surface area contributed by atoms with E-state index in [9.17, 15) is 0 Å². The van der Waals surface area contributed by atoms with Gasteiger partial charge >= 0.3 is 8.56 Å². The summed E-state index contributed by atoms with van der Waals surface area (Å²) in [6.07, 6.45) is 15.3. The first-order valence-electron chi connectivity index (χ1n) is 13.0. The van der Waals surface area contributed by atoms with E-state index < -0.39 is 16.9 Å². The average molecular weight is 505 g/mol. The quantitative estimate of drug-likeness (QED) is 0.150. The smallest absolute Gasteiger partial charge is 0.349 e. The van der Waals surface area contributed by atoms with E-state index in [4.69, 9.17) is 13.3 Å². The lowest BCUT2D eigenvalue weighted by atomic mass is 10.2. The molecule has 0 saturated carbocycles. The molecule has 1 saturated heterocycles. The zero-order chi connectivity index (χ0) is 26.3. The van der Waals surface area contributed by atoms with Crippen molar-refractivity contribution in [1.29, 1.82) is 0 Å². The van der Waals surface area contributed by atoms with Gasteiger partial charge in [0.15, 0.2) is 8.32 Å². The van der Waals surface area contributed by atoms with Crippen molar-refractivity contribution in [1.82, 2.24) is 0 Å². The van der Waals surface area contributed by atoms with Crippen molar-refractivity contribution in [2.24, 2.45) is 0 Å². The monoisotopic (exact) mass is 504 g/mol. The van der Waals surface area contributed by atoms with E-state index >= 15 is 0 Å². The Labute approximate surface area is 213 Å². The fraction of sp³-hybridized carbons (Fsp3) is 0.724. The number of hydrogen-bond donors (Lipinski definition) is 0. The lowest BCUT2D eigenvalue weighted by Gasteiger charge is -2.52. The van der Waals surface area contributed by atoms with Gasteiger partial charge in [-0.25, -0.2) is 0 Å². The predicted octanol–water partition coefficient (Wildman–Crippen LogP) is 8.70. The van der Waals surface area contributed by atoms with Crippen molar-refractivity contribution in [2.75, 3.05) is 6.61 Å². The molecule has 0 aliphatic carbocycles. The summed E-state index contributed by atoms with van der Waals surface area (Å²) in [6.45, 7) is 27.8. The maximum Gasteiger partial charge on any atom is 0.349 e. The highest BCUT2D eigenvalue weighted by molar-refractivity contribution is 6.74. The Bertz CT molecular complexity index is 763. The standard InChI is InChI=1S/C29H52O3Si2/c1-13-14-17-20-25(31-33(11,12)27(2,3)4)21-18-15-16-19-22-26-23-24-30-34(32-26,28(5,6)7)29(8,9)10/h14-17,19,22,25-26H,13,20,23-24H2,1-12H3/b16-15+,17-14+,22-19+. The summed E-state index contributed by atoms with van der Waals surface area (Å²) in [7, 11) is -4.29.